The highest BCUT2D eigenvalue weighted by atomic mass is 16.3. The molecule has 1 heterocycles. The number of nitrogens with one attached hydrogen (secondary N) is 1. The van der Waals surface area contributed by atoms with E-state index in [1.807, 2.05) is 6.92 Å². The zero-order valence-corrected chi connectivity index (χ0v) is 12.6. The summed E-state index contributed by atoms with van der Waals surface area (Å²) < 4.78 is 1.38. The van der Waals surface area contributed by atoms with Gasteiger partial charge in [0.2, 0.25) is 0 Å². The van der Waals surface area contributed by atoms with Crippen LogP contribution in [0.2, 0.25) is 0 Å². The highest BCUT2D eigenvalue weighted by Gasteiger charge is 2.29. The lowest BCUT2D eigenvalue weighted by Crippen LogP contribution is -2.47. The molecule has 21 heavy (non-hydrogen) atoms. The van der Waals surface area contributed by atoms with Gasteiger partial charge in [0, 0.05) is 13.6 Å². The molecule has 7 heteroatoms. The van der Waals surface area contributed by atoms with E-state index >= 15 is 0 Å². The number of hydrogen-bond donors (Lipinski definition) is 3. The minimum atomic E-state index is -0.495. The second kappa shape index (κ2) is 6.34. The van der Waals surface area contributed by atoms with E-state index in [4.69, 9.17) is 5.73 Å². The van der Waals surface area contributed by atoms with Gasteiger partial charge in [-0.05, 0) is 19.3 Å². The predicted molar refractivity (Wildman–Crippen MR) is 82.7 cm³/mol. The summed E-state index contributed by atoms with van der Waals surface area (Å²) in [6.07, 6.45) is 3.80. The lowest BCUT2D eigenvalue weighted by atomic mass is 9.91. The number of aliphatic hydroxyl groups excluding tert-OH is 1. The number of rotatable bonds is 4. The van der Waals surface area contributed by atoms with Crippen molar-refractivity contribution in [3.05, 3.63) is 20.8 Å². The molecule has 0 aromatic carbocycles. The van der Waals surface area contributed by atoms with Crippen LogP contribution in [0.4, 0.5) is 11.5 Å². The molecule has 2 unspecified atom stereocenters. The lowest BCUT2D eigenvalue weighted by molar-refractivity contribution is 0.106. The molecule has 0 spiro atoms. The first-order valence-corrected chi connectivity index (χ1v) is 7.50. The fraction of sp³-hybridized carbons (Fsp3) is 0.714. The quantitative estimate of drug-likeness (QED) is 0.739. The average Bonchev–Trinajstić information content (AvgIpc) is 2.43. The van der Waals surface area contributed by atoms with E-state index in [1.54, 1.807) is 11.9 Å². The van der Waals surface area contributed by atoms with Crippen molar-refractivity contribution in [3.63, 3.8) is 0 Å². The second-order valence-corrected chi connectivity index (χ2v) is 5.67. The molecule has 4 N–H and O–H groups in total. The van der Waals surface area contributed by atoms with Crippen LogP contribution < -0.4 is 21.9 Å². The number of nitrogens with zero attached hydrogens (tertiary/aromatic N) is 2. The first-order valence-electron chi connectivity index (χ1n) is 7.50. The summed E-state index contributed by atoms with van der Waals surface area (Å²) in [5.41, 5.74) is 5.34. The van der Waals surface area contributed by atoms with Crippen molar-refractivity contribution in [1.82, 2.24) is 9.55 Å². The number of H-pyrrole nitrogens is 1. The molecule has 2 atom stereocenters. The number of nitrogen functional groups attached to an aromatic ring is 1. The van der Waals surface area contributed by atoms with Crippen molar-refractivity contribution in [2.24, 2.45) is 0 Å². The predicted octanol–water partition coefficient (Wildman–Crippen LogP) is 0.269. The van der Waals surface area contributed by atoms with Crippen LogP contribution in [-0.4, -0.2) is 33.9 Å². The summed E-state index contributed by atoms with van der Waals surface area (Å²) in [5, 5.41) is 10.1. The molecule has 0 amide bonds. The van der Waals surface area contributed by atoms with Crippen molar-refractivity contribution in [2.75, 3.05) is 17.7 Å². The van der Waals surface area contributed by atoms with Crippen LogP contribution in [0.1, 0.15) is 39.0 Å². The Balaban J connectivity index is 2.45. The van der Waals surface area contributed by atoms with E-state index in [0.717, 1.165) is 32.1 Å². The topological polar surface area (TPSA) is 104 Å². The zero-order valence-electron chi connectivity index (χ0n) is 12.6. The van der Waals surface area contributed by atoms with Crippen LogP contribution in [0.15, 0.2) is 9.59 Å². The summed E-state index contributed by atoms with van der Waals surface area (Å²) in [5.74, 6) is 0.172. The van der Waals surface area contributed by atoms with E-state index in [0.29, 0.717) is 6.54 Å². The lowest BCUT2D eigenvalue weighted by Gasteiger charge is -2.36. The molecule has 7 nitrogen and oxygen atoms in total. The van der Waals surface area contributed by atoms with Crippen molar-refractivity contribution in [2.45, 2.75) is 57.7 Å². The molecular weight excluding hydrogens is 272 g/mol. The van der Waals surface area contributed by atoms with Crippen molar-refractivity contribution in [3.8, 4) is 0 Å². The molecular formula is C14H24N4O3. The molecule has 1 aliphatic rings. The molecule has 0 saturated heterocycles. The van der Waals surface area contributed by atoms with Gasteiger partial charge < -0.3 is 15.7 Å². The number of likely N-dealkylation sites (N-methyl/N-ethyl adjacent to an activating group) is 1. The van der Waals surface area contributed by atoms with Gasteiger partial charge in [-0.3, -0.25) is 14.3 Å². The van der Waals surface area contributed by atoms with Crippen LogP contribution in [0.5, 0.6) is 0 Å². The summed E-state index contributed by atoms with van der Waals surface area (Å²) in [4.78, 5) is 28.0. The maximum absolute atomic E-state index is 12.1. The van der Waals surface area contributed by atoms with Gasteiger partial charge >= 0.3 is 5.69 Å². The molecule has 1 saturated carbocycles. The largest absolute Gasteiger partial charge is 0.391 e. The smallest absolute Gasteiger partial charge is 0.330 e. The maximum atomic E-state index is 12.1. The minimum absolute atomic E-state index is 0.144. The number of anilines is 2. The third-order valence-electron chi connectivity index (χ3n) is 4.21. The monoisotopic (exact) mass is 296 g/mol. The van der Waals surface area contributed by atoms with Crippen LogP contribution in [0.25, 0.3) is 0 Å². The highest BCUT2D eigenvalue weighted by molar-refractivity contribution is 5.62. The summed E-state index contributed by atoms with van der Waals surface area (Å²) >= 11 is 0. The second-order valence-electron chi connectivity index (χ2n) is 5.67. The molecule has 2 rings (SSSR count). The van der Waals surface area contributed by atoms with Crippen molar-refractivity contribution < 1.29 is 5.11 Å². The molecule has 1 aromatic rings. The summed E-state index contributed by atoms with van der Waals surface area (Å²) in [7, 11) is 1.75. The van der Waals surface area contributed by atoms with Gasteiger partial charge in [-0.25, -0.2) is 4.79 Å². The van der Waals surface area contributed by atoms with Gasteiger partial charge in [-0.15, -0.1) is 0 Å². The van der Waals surface area contributed by atoms with Crippen LogP contribution in [-0.2, 0) is 6.54 Å². The van der Waals surface area contributed by atoms with Crippen LogP contribution >= 0.6 is 0 Å². The Kier molecular flexibility index (Phi) is 4.72. The number of hydrogen-bond acceptors (Lipinski definition) is 5. The first-order chi connectivity index (χ1) is 9.97. The zero-order chi connectivity index (χ0) is 15.6. The Bertz CT molecular complexity index is 607. The number of nitrogens with two attached hydrogens (primary N) is 1. The van der Waals surface area contributed by atoms with Crippen LogP contribution in [0, 0.1) is 0 Å². The Morgan fingerprint density at radius 3 is 2.67 bits per heavy atom. The fourth-order valence-corrected chi connectivity index (χ4v) is 3.07. The van der Waals surface area contributed by atoms with Gasteiger partial charge in [0.1, 0.15) is 11.5 Å². The minimum Gasteiger partial charge on any atom is -0.391 e. The third kappa shape index (κ3) is 2.97. The van der Waals surface area contributed by atoms with E-state index in [-0.39, 0.29) is 17.5 Å². The summed E-state index contributed by atoms with van der Waals surface area (Å²) in [6.45, 7) is 2.39. The number of aromatic nitrogens is 2. The third-order valence-corrected chi connectivity index (χ3v) is 4.21. The Morgan fingerprint density at radius 2 is 2.05 bits per heavy atom. The van der Waals surface area contributed by atoms with Gasteiger partial charge in [-0.1, -0.05) is 19.8 Å². The Morgan fingerprint density at radius 1 is 1.38 bits per heavy atom. The van der Waals surface area contributed by atoms with Gasteiger partial charge in [0.15, 0.2) is 0 Å². The number of aliphatic hydroxyl groups is 1. The Labute approximate surface area is 123 Å². The molecule has 0 bridgehead atoms. The standard InChI is InChI=1S/C14H24N4O3/c1-3-8-18-12(15)11(13(20)16-14(18)21)17(2)9-6-4-5-7-10(9)19/h9-10,19H,3-8,15H2,1-2H3,(H,16,20,21). The molecule has 1 aliphatic carbocycles. The van der Waals surface area contributed by atoms with Gasteiger partial charge in [0.25, 0.3) is 5.56 Å². The van der Waals surface area contributed by atoms with Crippen molar-refractivity contribution in [1.29, 1.82) is 0 Å². The molecule has 0 radical (unpaired) electrons. The van der Waals surface area contributed by atoms with Crippen LogP contribution in [0.3, 0.4) is 0 Å². The number of aromatic amines is 1. The molecule has 1 fully saturated rings. The average molecular weight is 296 g/mol. The van der Waals surface area contributed by atoms with Crippen molar-refractivity contribution >= 4 is 11.5 Å². The Hall–Kier alpha value is -1.76. The van der Waals surface area contributed by atoms with E-state index in [9.17, 15) is 14.7 Å². The van der Waals surface area contributed by atoms with E-state index < -0.39 is 17.4 Å². The summed E-state index contributed by atoms with van der Waals surface area (Å²) in [6, 6.07) is -0.144. The van der Waals surface area contributed by atoms with E-state index in [2.05, 4.69) is 4.98 Å². The fourth-order valence-electron chi connectivity index (χ4n) is 3.07. The van der Waals surface area contributed by atoms with Gasteiger partial charge in [0.05, 0.1) is 12.1 Å². The maximum Gasteiger partial charge on any atom is 0.330 e. The molecule has 1 aromatic heterocycles. The van der Waals surface area contributed by atoms with Gasteiger partial charge in [-0.2, -0.15) is 0 Å². The highest BCUT2D eigenvalue weighted by Crippen LogP contribution is 2.27. The molecule has 0 aliphatic heterocycles. The normalized spacial score (nSPS) is 22.2. The SMILES string of the molecule is CCCn1c(N)c(N(C)C2CCCCC2O)c(=O)[nH]c1=O. The molecule has 118 valence electrons. The first kappa shape index (κ1) is 15.6. The van der Waals surface area contributed by atoms with E-state index in [1.165, 1.54) is 4.57 Å².